The van der Waals surface area contributed by atoms with Crippen LogP contribution in [0.2, 0.25) is 0 Å². The normalized spacial score (nSPS) is 18.2. The van der Waals surface area contributed by atoms with Gasteiger partial charge in [0.1, 0.15) is 5.52 Å². The van der Waals surface area contributed by atoms with Gasteiger partial charge >= 0.3 is 0 Å². The van der Waals surface area contributed by atoms with Gasteiger partial charge in [0.15, 0.2) is 5.58 Å². The molecule has 1 aromatic heterocycles. The second-order valence-electron chi connectivity index (χ2n) is 7.17. The first-order valence-corrected chi connectivity index (χ1v) is 8.90. The molecule has 24 heavy (non-hydrogen) atoms. The van der Waals surface area contributed by atoms with E-state index in [4.69, 9.17) is 4.42 Å². The molecule has 5 heteroatoms. The largest absolute Gasteiger partial charge is 0.439 e. The summed E-state index contributed by atoms with van der Waals surface area (Å²) in [7, 11) is 0. The van der Waals surface area contributed by atoms with Crippen LogP contribution in [0.25, 0.3) is 11.1 Å². The number of likely N-dealkylation sites (tertiary alicyclic amines) is 1. The number of fused-ring (bicyclic) bond motifs is 1. The van der Waals surface area contributed by atoms with Crippen LogP contribution in [0.4, 0.5) is 0 Å². The zero-order valence-corrected chi connectivity index (χ0v) is 14.8. The fraction of sp³-hybridized carbons (Fsp3) is 0.579. The number of rotatable bonds is 5. The van der Waals surface area contributed by atoms with Gasteiger partial charge in [0.25, 0.3) is 0 Å². The van der Waals surface area contributed by atoms with Gasteiger partial charge in [-0.1, -0.05) is 26.0 Å². The van der Waals surface area contributed by atoms with Crippen molar-refractivity contribution >= 4 is 17.0 Å². The molecular formula is C19H27N3O2. The molecule has 5 nitrogen and oxygen atoms in total. The third-order valence-electron chi connectivity index (χ3n) is 5.03. The molecule has 0 aliphatic carbocycles. The molecule has 0 bridgehead atoms. The Bertz CT molecular complexity index is 654. The van der Waals surface area contributed by atoms with Crippen LogP contribution in [-0.2, 0) is 11.3 Å². The lowest BCUT2D eigenvalue weighted by Gasteiger charge is -2.31. The van der Waals surface area contributed by atoms with Crippen LogP contribution >= 0.6 is 0 Å². The van der Waals surface area contributed by atoms with Crippen molar-refractivity contribution in [3.8, 4) is 0 Å². The summed E-state index contributed by atoms with van der Waals surface area (Å²) in [5.74, 6) is 1.56. The van der Waals surface area contributed by atoms with Crippen molar-refractivity contribution in [1.82, 2.24) is 15.2 Å². The van der Waals surface area contributed by atoms with Crippen LogP contribution < -0.4 is 5.32 Å². The summed E-state index contributed by atoms with van der Waals surface area (Å²) < 4.78 is 5.79. The van der Waals surface area contributed by atoms with Crippen molar-refractivity contribution in [2.45, 2.75) is 46.2 Å². The lowest BCUT2D eigenvalue weighted by molar-refractivity contribution is -0.127. The van der Waals surface area contributed by atoms with Crippen molar-refractivity contribution < 1.29 is 9.21 Å². The third-order valence-corrected chi connectivity index (χ3v) is 5.03. The van der Waals surface area contributed by atoms with Gasteiger partial charge in [-0.15, -0.1) is 0 Å². The lowest BCUT2D eigenvalue weighted by Crippen LogP contribution is -2.44. The van der Waals surface area contributed by atoms with Crippen LogP contribution in [0.3, 0.4) is 0 Å². The monoisotopic (exact) mass is 329 g/mol. The molecular weight excluding hydrogens is 302 g/mol. The standard InChI is InChI=1S/C19H27N3O2/c1-13(2)14(3)20-19(23)15-8-10-22(11-9-15)12-18-21-16-6-4-5-7-17(16)24-18/h4-7,13-15H,8-12H2,1-3H3,(H,20,23)/t14-/m1/s1. The number of aromatic nitrogens is 1. The number of nitrogens with one attached hydrogen (secondary N) is 1. The molecule has 0 saturated carbocycles. The molecule has 1 aliphatic heterocycles. The molecule has 130 valence electrons. The molecule has 1 amide bonds. The fourth-order valence-electron chi connectivity index (χ4n) is 3.04. The van der Waals surface area contributed by atoms with Crippen molar-refractivity contribution in [3.63, 3.8) is 0 Å². The smallest absolute Gasteiger partial charge is 0.223 e. The maximum absolute atomic E-state index is 12.3. The van der Waals surface area contributed by atoms with E-state index in [9.17, 15) is 4.79 Å². The number of benzene rings is 1. The van der Waals surface area contributed by atoms with Gasteiger partial charge in [-0.3, -0.25) is 9.69 Å². The van der Waals surface area contributed by atoms with Crippen molar-refractivity contribution in [3.05, 3.63) is 30.2 Å². The highest BCUT2D eigenvalue weighted by Gasteiger charge is 2.26. The Morgan fingerprint density at radius 1 is 1.29 bits per heavy atom. The van der Waals surface area contributed by atoms with E-state index < -0.39 is 0 Å². The van der Waals surface area contributed by atoms with Crippen LogP contribution in [0, 0.1) is 11.8 Å². The number of carbonyl (C=O) groups excluding carboxylic acids is 1. The molecule has 0 radical (unpaired) electrons. The van der Waals surface area contributed by atoms with Gasteiger partial charge in [0.2, 0.25) is 11.8 Å². The molecule has 3 rings (SSSR count). The summed E-state index contributed by atoms with van der Waals surface area (Å²) >= 11 is 0. The first kappa shape index (κ1) is 17.0. The SMILES string of the molecule is CC(C)[C@@H](C)NC(=O)C1CCN(Cc2nc3ccccc3o2)CC1. The first-order chi connectivity index (χ1) is 11.5. The quantitative estimate of drug-likeness (QED) is 0.915. The van der Waals surface area contributed by atoms with E-state index in [1.807, 2.05) is 24.3 Å². The average Bonchev–Trinajstić information content (AvgIpc) is 2.97. The van der Waals surface area contributed by atoms with Crippen molar-refractivity contribution in [2.75, 3.05) is 13.1 Å². The van der Waals surface area contributed by atoms with Crippen molar-refractivity contribution in [2.24, 2.45) is 11.8 Å². The third kappa shape index (κ3) is 3.96. The maximum Gasteiger partial charge on any atom is 0.223 e. The summed E-state index contributed by atoms with van der Waals surface area (Å²) in [6, 6.07) is 8.07. The second-order valence-corrected chi connectivity index (χ2v) is 7.17. The molecule has 1 N–H and O–H groups in total. The van der Waals surface area contributed by atoms with E-state index in [1.165, 1.54) is 0 Å². The summed E-state index contributed by atoms with van der Waals surface area (Å²) in [5.41, 5.74) is 1.74. The number of nitrogens with zero attached hydrogens (tertiary/aromatic N) is 2. The number of carbonyl (C=O) groups is 1. The van der Waals surface area contributed by atoms with E-state index in [1.54, 1.807) is 0 Å². The van der Waals surface area contributed by atoms with E-state index in [0.29, 0.717) is 12.5 Å². The zero-order chi connectivity index (χ0) is 17.1. The number of oxazole rings is 1. The Labute approximate surface area is 143 Å². The fourth-order valence-corrected chi connectivity index (χ4v) is 3.04. The Hall–Kier alpha value is -1.88. The topological polar surface area (TPSA) is 58.4 Å². The van der Waals surface area contributed by atoms with Crippen LogP contribution in [0.15, 0.2) is 28.7 Å². The first-order valence-electron chi connectivity index (χ1n) is 8.90. The Balaban J connectivity index is 1.50. The predicted octanol–water partition coefficient (Wildman–Crippen LogP) is 3.20. The van der Waals surface area contributed by atoms with Gasteiger partial charge in [0, 0.05) is 12.0 Å². The summed E-state index contributed by atoms with van der Waals surface area (Å²) in [4.78, 5) is 19.2. The number of para-hydroxylation sites is 2. The van der Waals surface area contributed by atoms with Crippen LogP contribution in [0.1, 0.15) is 39.5 Å². The number of amides is 1. The van der Waals surface area contributed by atoms with Gasteiger partial charge in [-0.05, 0) is 50.9 Å². The average molecular weight is 329 g/mol. The number of piperidine rings is 1. The number of hydrogen-bond donors (Lipinski definition) is 1. The van der Waals surface area contributed by atoms with Crippen LogP contribution in [0.5, 0.6) is 0 Å². The second kappa shape index (κ2) is 7.34. The minimum atomic E-state index is 0.131. The molecule has 1 aromatic carbocycles. The zero-order valence-electron chi connectivity index (χ0n) is 14.8. The minimum absolute atomic E-state index is 0.131. The number of hydrogen-bond acceptors (Lipinski definition) is 4. The molecule has 2 aromatic rings. The predicted molar refractivity (Wildman–Crippen MR) is 94.5 cm³/mol. The highest BCUT2D eigenvalue weighted by molar-refractivity contribution is 5.79. The van der Waals surface area contributed by atoms with E-state index in [-0.39, 0.29) is 17.9 Å². The molecule has 1 aliphatic rings. The van der Waals surface area contributed by atoms with Gasteiger partial charge in [0.05, 0.1) is 6.54 Å². The minimum Gasteiger partial charge on any atom is -0.439 e. The highest BCUT2D eigenvalue weighted by atomic mass is 16.3. The van der Waals surface area contributed by atoms with Crippen LogP contribution in [-0.4, -0.2) is 34.9 Å². The summed E-state index contributed by atoms with van der Waals surface area (Å²) in [6.07, 6.45) is 1.80. The highest BCUT2D eigenvalue weighted by Crippen LogP contribution is 2.21. The Morgan fingerprint density at radius 3 is 2.67 bits per heavy atom. The van der Waals surface area contributed by atoms with E-state index in [2.05, 4.69) is 36.0 Å². The maximum atomic E-state index is 12.3. The molecule has 0 spiro atoms. The van der Waals surface area contributed by atoms with E-state index in [0.717, 1.165) is 42.9 Å². The summed E-state index contributed by atoms with van der Waals surface area (Å²) in [5, 5.41) is 3.14. The van der Waals surface area contributed by atoms with Gasteiger partial charge in [-0.2, -0.15) is 0 Å². The lowest BCUT2D eigenvalue weighted by atomic mass is 9.95. The van der Waals surface area contributed by atoms with Gasteiger partial charge in [-0.25, -0.2) is 4.98 Å². The Kier molecular flexibility index (Phi) is 5.19. The van der Waals surface area contributed by atoms with Gasteiger partial charge < -0.3 is 9.73 Å². The molecule has 1 fully saturated rings. The molecule has 1 saturated heterocycles. The van der Waals surface area contributed by atoms with E-state index >= 15 is 0 Å². The molecule has 2 heterocycles. The molecule has 0 unspecified atom stereocenters. The Morgan fingerprint density at radius 2 is 2.00 bits per heavy atom. The summed E-state index contributed by atoms with van der Waals surface area (Å²) in [6.45, 7) is 8.87. The van der Waals surface area contributed by atoms with Crippen molar-refractivity contribution in [1.29, 1.82) is 0 Å². The molecule has 1 atom stereocenters.